The van der Waals surface area contributed by atoms with Crippen molar-refractivity contribution in [2.24, 2.45) is 17.3 Å². The molecule has 2 fully saturated rings. The molecule has 3 heteroatoms. The number of hydrogen-bond donors (Lipinski definition) is 1. The zero-order chi connectivity index (χ0) is 13.7. The molecule has 1 aliphatic carbocycles. The van der Waals surface area contributed by atoms with E-state index in [2.05, 4.69) is 19.7 Å². The van der Waals surface area contributed by atoms with Crippen molar-refractivity contribution >= 4 is 5.97 Å². The Morgan fingerprint density at radius 1 is 1.61 bits per heavy atom. The zero-order valence-electron chi connectivity index (χ0n) is 11.0. The van der Waals surface area contributed by atoms with Crippen molar-refractivity contribution in [2.75, 3.05) is 0 Å². The van der Waals surface area contributed by atoms with Crippen molar-refractivity contribution in [1.82, 2.24) is 0 Å². The van der Waals surface area contributed by atoms with Crippen molar-refractivity contribution in [1.29, 1.82) is 0 Å². The first kappa shape index (κ1) is 13.1. The van der Waals surface area contributed by atoms with Gasteiger partial charge in [0.2, 0.25) is 0 Å². The Balaban J connectivity index is 2.47. The van der Waals surface area contributed by atoms with Crippen LogP contribution in [0.15, 0.2) is 37.0 Å². The first-order chi connectivity index (χ1) is 8.31. The summed E-state index contributed by atoms with van der Waals surface area (Å²) in [4.78, 5) is 11.7. The lowest BCUT2D eigenvalue weighted by molar-refractivity contribution is -0.145. The summed E-state index contributed by atoms with van der Waals surface area (Å²) >= 11 is 0. The van der Waals surface area contributed by atoms with Crippen LogP contribution in [0, 0.1) is 17.3 Å². The number of carbonyl (C=O) groups is 1. The van der Waals surface area contributed by atoms with Crippen LogP contribution in [0.1, 0.15) is 20.3 Å². The lowest BCUT2D eigenvalue weighted by atomic mass is 9.59. The fourth-order valence-corrected chi connectivity index (χ4v) is 3.47. The predicted octanol–water partition coefficient (Wildman–Crippen LogP) is 2.23. The van der Waals surface area contributed by atoms with E-state index in [0.717, 1.165) is 5.57 Å². The van der Waals surface area contributed by atoms with Crippen molar-refractivity contribution in [3.63, 3.8) is 0 Å². The van der Waals surface area contributed by atoms with Gasteiger partial charge in [-0.05, 0) is 18.8 Å². The highest BCUT2D eigenvalue weighted by Crippen LogP contribution is 2.52. The minimum Gasteiger partial charge on any atom is -0.458 e. The molecule has 0 aromatic rings. The molecule has 0 spiro atoms. The fraction of sp³-hybridized carbons (Fsp3) is 0.533. The van der Waals surface area contributed by atoms with Crippen LogP contribution in [0.4, 0.5) is 0 Å². The van der Waals surface area contributed by atoms with Gasteiger partial charge in [0, 0.05) is 11.5 Å². The van der Waals surface area contributed by atoms with Crippen molar-refractivity contribution in [2.45, 2.75) is 32.5 Å². The molecule has 2 aliphatic rings. The normalized spacial score (nSPS) is 43.3. The summed E-state index contributed by atoms with van der Waals surface area (Å²) in [5.74, 6) is -0.734. The molecule has 18 heavy (non-hydrogen) atoms. The molecule has 0 radical (unpaired) electrons. The van der Waals surface area contributed by atoms with Gasteiger partial charge in [0.25, 0.3) is 0 Å². The highest BCUT2D eigenvalue weighted by molar-refractivity contribution is 5.91. The summed E-state index contributed by atoms with van der Waals surface area (Å²) in [5.41, 5.74) is 1.02. The van der Waals surface area contributed by atoms with Gasteiger partial charge in [-0.15, -0.1) is 6.58 Å². The van der Waals surface area contributed by atoms with Crippen LogP contribution in [-0.4, -0.2) is 23.3 Å². The molecule has 1 N–H and O–H groups in total. The molecule has 0 amide bonds. The number of allylic oxidation sites excluding steroid dienone is 1. The standard InChI is InChI=1S/C15H20O3/c1-6-15(5)7-10(16)11-9(4)14(17)18-13(11)12(15)8(2)3/h6,10-13,16H,1-2,4,7H2,3,5H3/t10?,11-,12?,13-,15?/m1/s1. The predicted molar refractivity (Wildman–Crippen MR) is 69.7 cm³/mol. The lowest BCUT2D eigenvalue weighted by Gasteiger charge is -2.47. The number of rotatable bonds is 2. The molecule has 5 atom stereocenters. The molecule has 0 aromatic carbocycles. The molecule has 1 saturated carbocycles. The van der Waals surface area contributed by atoms with Crippen LogP contribution in [0.3, 0.4) is 0 Å². The minimum absolute atomic E-state index is 0.0217. The first-order valence-corrected chi connectivity index (χ1v) is 6.18. The van der Waals surface area contributed by atoms with E-state index >= 15 is 0 Å². The number of aliphatic hydroxyl groups is 1. The van der Waals surface area contributed by atoms with Crippen molar-refractivity contribution in [3.05, 3.63) is 37.0 Å². The molecule has 3 unspecified atom stereocenters. The summed E-state index contributed by atoms with van der Waals surface area (Å²) in [6, 6.07) is 0. The number of esters is 1. The van der Waals surface area contributed by atoms with Crippen LogP contribution < -0.4 is 0 Å². The summed E-state index contributed by atoms with van der Waals surface area (Å²) in [6.07, 6.45) is 1.40. The molecule has 1 aliphatic heterocycles. The summed E-state index contributed by atoms with van der Waals surface area (Å²) in [6.45, 7) is 15.6. The Hall–Kier alpha value is -1.35. The topological polar surface area (TPSA) is 46.5 Å². The van der Waals surface area contributed by atoms with Gasteiger partial charge in [-0.2, -0.15) is 0 Å². The van der Waals surface area contributed by atoms with E-state index in [9.17, 15) is 9.90 Å². The third kappa shape index (κ3) is 1.65. The Kier molecular flexibility index (Phi) is 2.98. The highest BCUT2D eigenvalue weighted by atomic mass is 16.6. The maximum Gasteiger partial charge on any atom is 0.334 e. The van der Waals surface area contributed by atoms with Crippen LogP contribution in [0.25, 0.3) is 0 Å². The quantitative estimate of drug-likeness (QED) is 0.463. The summed E-state index contributed by atoms with van der Waals surface area (Å²) < 4.78 is 5.41. The van der Waals surface area contributed by atoms with Gasteiger partial charge in [-0.1, -0.05) is 31.7 Å². The average molecular weight is 248 g/mol. The number of carbonyl (C=O) groups excluding carboxylic acids is 1. The first-order valence-electron chi connectivity index (χ1n) is 6.18. The maximum absolute atomic E-state index is 11.7. The van der Waals surface area contributed by atoms with E-state index in [1.807, 2.05) is 19.9 Å². The van der Waals surface area contributed by atoms with Crippen LogP contribution >= 0.6 is 0 Å². The minimum atomic E-state index is -0.618. The second-order valence-corrected chi connectivity index (χ2v) is 5.73. The van der Waals surface area contributed by atoms with Crippen molar-refractivity contribution < 1.29 is 14.6 Å². The summed E-state index contributed by atoms with van der Waals surface area (Å²) in [7, 11) is 0. The van der Waals surface area contributed by atoms with Crippen LogP contribution in [0.2, 0.25) is 0 Å². The molecule has 98 valence electrons. The average Bonchev–Trinajstić information content (AvgIpc) is 2.54. The van der Waals surface area contributed by atoms with Crippen LogP contribution in [0.5, 0.6) is 0 Å². The lowest BCUT2D eigenvalue weighted by Crippen LogP contribution is -2.49. The van der Waals surface area contributed by atoms with E-state index in [4.69, 9.17) is 4.74 Å². The second kappa shape index (κ2) is 4.09. The number of hydrogen-bond acceptors (Lipinski definition) is 3. The van der Waals surface area contributed by atoms with Gasteiger partial charge in [-0.3, -0.25) is 0 Å². The van der Waals surface area contributed by atoms with Gasteiger partial charge in [0.1, 0.15) is 6.10 Å². The molecule has 3 nitrogen and oxygen atoms in total. The maximum atomic E-state index is 11.7. The van der Waals surface area contributed by atoms with Gasteiger partial charge < -0.3 is 9.84 Å². The number of ether oxygens (including phenoxy) is 1. The monoisotopic (exact) mass is 248 g/mol. The molecule has 2 rings (SSSR count). The third-order valence-corrected chi connectivity index (χ3v) is 4.36. The SMILES string of the molecule is C=CC1(C)CC(O)[C@H]2C(=C)C(=O)O[C@H]2C1C(=C)C. The fourth-order valence-electron chi connectivity index (χ4n) is 3.47. The molecule has 0 bridgehead atoms. The van der Waals surface area contributed by atoms with Gasteiger partial charge >= 0.3 is 5.97 Å². The Morgan fingerprint density at radius 3 is 2.72 bits per heavy atom. The third-order valence-electron chi connectivity index (χ3n) is 4.36. The van der Waals surface area contributed by atoms with Gasteiger partial charge in [0.05, 0.1) is 12.0 Å². The van der Waals surface area contributed by atoms with Crippen molar-refractivity contribution in [3.8, 4) is 0 Å². The van der Waals surface area contributed by atoms with E-state index in [0.29, 0.717) is 12.0 Å². The highest BCUT2D eigenvalue weighted by Gasteiger charge is 2.56. The molecule has 0 aromatic heterocycles. The largest absolute Gasteiger partial charge is 0.458 e. The van der Waals surface area contributed by atoms with E-state index in [1.165, 1.54) is 0 Å². The van der Waals surface area contributed by atoms with Gasteiger partial charge in [0.15, 0.2) is 0 Å². The Morgan fingerprint density at radius 2 is 2.22 bits per heavy atom. The van der Waals surface area contributed by atoms with Crippen LogP contribution in [-0.2, 0) is 9.53 Å². The Labute approximate surface area is 108 Å². The second-order valence-electron chi connectivity index (χ2n) is 5.73. The number of fused-ring (bicyclic) bond motifs is 1. The molecule has 1 saturated heterocycles. The van der Waals surface area contributed by atoms with E-state index in [-0.39, 0.29) is 23.4 Å². The molecular formula is C15H20O3. The molecular weight excluding hydrogens is 228 g/mol. The summed E-state index contributed by atoms with van der Waals surface area (Å²) in [5, 5.41) is 10.3. The molecule has 1 heterocycles. The number of aliphatic hydroxyl groups excluding tert-OH is 1. The van der Waals surface area contributed by atoms with E-state index in [1.54, 1.807) is 0 Å². The Bertz CT molecular complexity index is 437. The van der Waals surface area contributed by atoms with E-state index < -0.39 is 12.1 Å². The van der Waals surface area contributed by atoms with Gasteiger partial charge in [-0.25, -0.2) is 4.79 Å². The zero-order valence-corrected chi connectivity index (χ0v) is 11.0. The smallest absolute Gasteiger partial charge is 0.334 e.